The summed E-state index contributed by atoms with van der Waals surface area (Å²) in [5, 5.41) is 19.6. The number of carboxylic acids is 1. The molecule has 0 aliphatic rings. The van der Waals surface area contributed by atoms with Gasteiger partial charge in [-0.1, -0.05) is 27.2 Å². The largest absolute Gasteiger partial charge is 2.00 e. The first-order chi connectivity index (χ1) is 6.43. The molecule has 0 rings (SSSR count). The van der Waals surface area contributed by atoms with Crippen molar-refractivity contribution in [3.63, 3.8) is 0 Å². The molecule has 0 aliphatic carbocycles. The third-order valence-corrected chi connectivity index (χ3v) is 1.45. The second-order valence-corrected chi connectivity index (χ2v) is 3.06. The van der Waals surface area contributed by atoms with Crippen LogP contribution >= 0.6 is 0 Å². The van der Waals surface area contributed by atoms with Gasteiger partial charge in [-0.15, -0.1) is 6.10 Å². The predicted molar refractivity (Wildman–Crippen MR) is 49.3 cm³/mol. The number of carbonyl (C=O) groups is 2. The normalized spacial score (nSPS) is 10.4. The smallest absolute Gasteiger partial charge is 0.852 e. The summed E-state index contributed by atoms with van der Waals surface area (Å²) >= 11 is 0. The van der Waals surface area contributed by atoms with Crippen LogP contribution in [0, 0.1) is 0 Å². The van der Waals surface area contributed by atoms with Crippen LogP contribution in [0.4, 0.5) is 0 Å². The summed E-state index contributed by atoms with van der Waals surface area (Å²) in [6.07, 6.45) is 0.989. The maximum atomic E-state index is 10.4. The summed E-state index contributed by atoms with van der Waals surface area (Å²) in [6.45, 7) is 5.38. The maximum Gasteiger partial charge on any atom is 2.00 e. The number of rotatable bonds is 5. The van der Waals surface area contributed by atoms with Gasteiger partial charge in [0.15, 0.2) is 0 Å². The number of hydrogen-bond donors (Lipinski definition) is 0. The van der Waals surface area contributed by atoms with E-state index in [2.05, 4.69) is 0 Å². The van der Waals surface area contributed by atoms with E-state index in [1.165, 1.54) is 0 Å². The van der Waals surface area contributed by atoms with Crippen molar-refractivity contribution in [1.82, 2.24) is 0 Å². The fourth-order valence-corrected chi connectivity index (χ4v) is 0.528. The van der Waals surface area contributed by atoms with E-state index in [4.69, 9.17) is 0 Å². The number of hydrogen-bond acceptors (Lipinski definition) is 4. The molecule has 0 bridgehead atoms. The van der Waals surface area contributed by atoms with Crippen molar-refractivity contribution in [2.45, 2.75) is 52.6 Å². The zero-order chi connectivity index (χ0) is 11.6. The summed E-state index contributed by atoms with van der Waals surface area (Å²) in [4.78, 5) is 20.2. The number of carbonyl (C=O) groups excluding carboxylic acids is 2. The van der Waals surface area contributed by atoms with Crippen LogP contribution in [0.1, 0.15) is 46.5 Å². The fraction of sp³-hybridized carbons (Fsp3) is 0.800. The van der Waals surface area contributed by atoms with E-state index in [1.807, 2.05) is 13.8 Å². The average Bonchev–Trinajstić information content (AvgIpc) is 2.04. The summed E-state index contributed by atoms with van der Waals surface area (Å²) in [7, 11) is 0. The molecule has 0 aromatic carbocycles. The molecule has 0 aromatic rings. The molecule has 15 heavy (non-hydrogen) atoms. The molecule has 0 fully saturated rings. The minimum absolute atomic E-state index is 0. The molecule has 1 radical (unpaired) electrons. The summed E-state index contributed by atoms with van der Waals surface area (Å²) in [5.74, 6) is -1.54. The van der Waals surface area contributed by atoms with Crippen molar-refractivity contribution in [2.24, 2.45) is 0 Å². The van der Waals surface area contributed by atoms with Gasteiger partial charge in [0.25, 0.3) is 0 Å². The molecule has 5 heteroatoms. The standard InChI is InChI=1S/C6H10O3.C4H9O.Cu/c1-2-3-5(7)4-6(8)9;1-3-4(2)5;/h2-4H2,1H3,(H,8,9);4H,3H2,1-2H3;/q;-1;+2/p-1. The zero-order valence-electron chi connectivity index (χ0n) is 9.34. The van der Waals surface area contributed by atoms with Crippen LogP contribution in [0.2, 0.25) is 0 Å². The van der Waals surface area contributed by atoms with E-state index in [-0.39, 0.29) is 29.0 Å². The molecule has 1 unspecified atom stereocenters. The van der Waals surface area contributed by atoms with Crippen LogP contribution in [-0.4, -0.2) is 17.9 Å². The van der Waals surface area contributed by atoms with Crippen molar-refractivity contribution in [3.05, 3.63) is 0 Å². The zero-order valence-corrected chi connectivity index (χ0v) is 10.3. The molecule has 0 spiro atoms. The molecule has 0 heterocycles. The van der Waals surface area contributed by atoms with E-state index >= 15 is 0 Å². The molecular weight excluding hydrogens is 248 g/mol. The Labute approximate surface area is 102 Å². The van der Waals surface area contributed by atoms with Crippen molar-refractivity contribution in [3.8, 4) is 0 Å². The van der Waals surface area contributed by atoms with Gasteiger partial charge >= 0.3 is 17.1 Å². The number of aliphatic carboxylic acids is 1. The van der Waals surface area contributed by atoms with E-state index in [0.717, 1.165) is 6.42 Å². The Kier molecular flexibility index (Phi) is 18.2. The van der Waals surface area contributed by atoms with Gasteiger partial charge in [-0.25, -0.2) is 0 Å². The SMILES string of the molecule is CCC(C)[O-].CCCC(=O)CC(=O)[O-].[Cu+2]. The van der Waals surface area contributed by atoms with Gasteiger partial charge in [0.05, 0.1) is 0 Å². The second kappa shape index (κ2) is 13.6. The first kappa shape index (κ1) is 20.1. The second-order valence-electron chi connectivity index (χ2n) is 3.06. The van der Waals surface area contributed by atoms with E-state index in [0.29, 0.717) is 12.8 Å². The summed E-state index contributed by atoms with van der Waals surface area (Å²) < 4.78 is 0. The number of ketones is 1. The third kappa shape index (κ3) is 24.7. The van der Waals surface area contributed by atoms with Gasteiger partial charge in [0.1, 0.15) is 5.78 Å². The molecule has 1 atom stereocenters. The van der Waals surface area contributed by atoms with Gasteiger partial charge in [-0.3, -0.25) is 4.79 Å². The van der Waals surface area contributed by atoms with Crippen LogP contribution in [0.25, 0.3) is 0 Å². The van der Waals surface area contributed by atoms with Crippen molar-refractivity contribution >= 4 is 11.8 Å². The number of carboxylic acid groups (broad SMARTS) is 1. The Morgan fingerprint density at radius 2 is 1.67 bits per heavy atom. The first-order valence-corrected chi connectivity index (χ1v) is 4.81. The van der Waals surface area contributed by atoms with Gasteiger partial charge in [0, 0.05) is 18.8 Å². The van der Waals surface area contributed by atoms with Crippen LogP contribution in [0.3, 0.4) is 0 Å². The number of Topliss-reactive ketones (excluding diaryl/α,β-unsaturated/α-hetero) is 1. The minimum Gasteiger partial charge on any atom is -0.852 e. The Hall–Kier alpha value is -0.381. The molecule has 0 saturated carbocycles. The maximum absolute atomic E-state index is 10.4. The van der Waals surface area contributed by atoms with Crippen LogP contribution in [0.15, 0.2) is 0 Å². The van der Waals surface area contributed by atoms with E-state index in [1.54, 1.807) is 6.92 Å². The van der Waals surface area contributed by atoms with Crippen LogP contribution in [-0.2, 0) is 26.7 Å². The summed E-state index contributed by atoms with van der Waals surface area (Å²) in [5.41, 5.74) is 0. The average molecular weight is 266 g/mol. The molecule has 0 saturated heterocycles. The van der Waals surface area contributed by atoms with E-state index in [9.17, 15) is 19.8 Å². The third-order valence-electron chi connectivity index (χ3n) is 1.45. The monoisotopic (exact) mass is 265 g/mol. The molecule has 0 N–H and O–H groups in total. The van der Waals surface area contributed by atoms with Crippen LogP contribution in [0.5, 0.6) is 0 Å². The Bertz CT molecular complexity index is 169. The molecule has 4 nitrogen and oxygen atoms in total. The van der Waals surface area contributed by atoms with Crippen molar-refractivity contribution in [1.29, 1.82) is 0 Å². The van der Waals surface area contributed by atoms with Crippen LogP contribution < -0.4 is 10.2 Å². The van der Waals surface area contributed by atoms with E-state index < -0.39 is 12.4 Å². The quantitative estimate of drug-likeness (QED) is 0.502. The van der Waals surface area contributed by atoms with Crippen molar-refractivity contribution in [2.75, 3.05) is 0 Å². The van der Waals surface area contributed by atoms with Gasteiger partial charge < -0.3 is 15.0 Å². The molecule has 0 aromatic heterocycles. The molecule has 0 aliphatic heterocycles. The predicted octanol–water partition coefficient (Wildman–Crippen LogP) is -0.362. The summed E-state index contributed by atoms with van der Waals surface area (Å²) in [6, 6.07) is 0. The minimum atomic E-state index is -1.28. The fourth-order valence-electron chi connectivity index (χ4n) is 0.528. The molecular formula is C10H18CuO4. The van der Waals surface area contributed by atoms with Gasteiger partial charge in [-0.05, 0) is 6.42 Å². The Balaban J connectivity index is -0.000000208. The first-order valence-electron chi connectivity index (χ1n) is 4.81. The Morgan fingerprint density at radius 3 is 1.87 bits per heavy atom. The Morgan fingerprint density at radius 1 is 1.27 bits per heavy atom. The van der Waals surface area contributed by atoms with Gasteiger partial charge in [-0.2, -0.15) is 0 Å². The topological polar surface area (TPSA) is 80.3 Å². The van der Waals surface area contributed by atoms with Crippen molar-refractivity contribution < 1.29 is 36.9 Å². The molecule has 0 amide bonds. The van der Waals surface area contributed by atoms with Gasteiger partial charge in [0.2, 0.25) is 0 Å². The molecule has 93 valence electrons.